The van der Waals surface area contributed by atoms with Crippen molar-refractivity contribution in [1.29, 1.82) is 0 Å². The highest BCUT2D eigenvalue weighted by molar-refractivity contribution is 5.60. The van der Waals surface area contributed by atoms with Crippen molar-refractivity contribution in [2.24, 2.45) is 0 Å². The third-order valence-electron chi connectivity index (χ3n) is 6.50. The molecule has 0 heterocycles. The Morgan fingerprint density at radius 1 is 0.667 bits per heavy atom. The average molecular weight is 451 g/mol. The first-order valence-electron chi connectivity index (χ1n) is 10.8. The van der Waals surface area contributed by atoms with Crippen molar-refractivity contribution in [3.05, 3.63) is 75.8 Å². The molecule has 0 spiro atoms. The monoisotopic (exact) mass is 450 g/mol. The van der Waals surface area contributed by atoms with Gasteiger partial charge in [0.1, 0.15) is 28.7 Å². The second-order valence-corrected chi connectivity index (χ2v) is 8.11. The maximum atomic E-state index is 11.9. The van der Waals surface area contributed by atoms with E-state index in [2.05, 4.69) is 0 Å². The zero-order valence-electron chi connectivity index (χ0n) is 19.9. The highest BCUT2D eigenvalue weighted by Gasteiger charge is 2.36. The molecule has 6 nitrogen and oxygen atoms in total. The van der Waals surface area contributed by atoms with Crippen molar-refractivity contribution < 1.29 is 28.8 Å². The molecule has 0 radical (unpaired) electrons. The van der Waals surface area contributed by atoms with Gasteiger partial charge in [-0.05, 0) is 65.4 Å². The van der Waals surface area contributed by atoms with E-state index >= 15 is 0 Å². The van der Waals surface area contributed by atoms with Gasteiger partial charge in [-0.1, -0.05) is 6.07 Å². The van der Waals surface area contributed by atoms with Gasteiger partial charge in [0.15, 0.2) is 0 Å². The van der Waals surface area contributed by atoms with Gasteiger partial charge in [-0.3, -0.25) is 0 Å². The summed E-state index contributed by atoms with van der Waals surface area (Å²) in [6.07, 6.45) is -0.228. The molecule has 0 amide bonds. The lowest BCUT2D eigenvalue weighted by molar-refractivity contribution is 0.157. The topological polar surface area (TPSA) is 66.4 Å². The highest BCUT2D eigenvalue weighted by Crippen LogP contribution is 2.50. The van der Waals surface area contributed by atoms with E-state index < -0.39 is 12.0 Å². The summed E-state index contributed by atoms with van der Waals surface area (Å²) >= 11 is 0. The van der Waals surface area contributed by atoms with Crippen LogP contribution in [0.2, 0.25) is 0 Å². The first-order chi connectivity index (χ1) is 15.9. The maximum absolute atomic E-state index is 11.9. The molecule has 2 atom stereocenters. The van der Waals surface area contributed by atoms with E-state index in [1.807, 2.05) is 49.4 Å². The molecule has 0 saturated heterocycles. The molecular formula is C27H30O6. The van der Waals surface area contributed by atoms with E-state index in [-0.39, 0.29) is 0 Å². The largest absolute Gasteiger partial charge is 0.497 e. The Balaban J connectivity index is 2.06. The molecule has 0 fully saturated rings. The molecule has 1 aliphatic carbocycles. The number of aliphatic hydroxyl groups is 1. The standard InChI is InChI=1S/C27H30O6/c1-15-22(12-20(31-4)13-23(15)32-5)26-25-17(11-19(30-3)14-24(25)33-6)9-16-10-18(29-2)7-8-21(16)27(26)28/h7-8,10-14,26-28H,9H2,1-6H3. The first kappa shape index (κ1) is 22.8. The summed E-state index contributed by atoms with van der Waals surface area (Å²) < 4.78 is 28.0. The Labute approximate surface area is 194 Å². The Hall–Kier alpha value is -3.38. The van der Waals surface area contributed by atoms with Gasteiger partial charge in [-0.15, -0.1) is 0 Å². The van der Waals surface area contributed by atoms with Crippen LogP contribution < -0.4 is 23.7 Å². The summed E-state index contributed by atoms with van der Waals surface area (Å²) in [4.78, 5) is 0. The number of fused-ring (bicyclic) bond motifs is 2. The lowest BCUT2D eigenvalue weighted by atomic mass is 9.80. The fourth-order valence-electron chi connectivity index (χ4n) is 4.80. The molecular weight excluding hydrogens is 420 g/mol. The minimum atomic E-state index is -0.829. The van der Waals surface area contributed by atoms with E-state index in [1.165, 1.54) is 0 Å². The van der Waals surface area contributed by atoms with E-state index in [1.54, 1.807) is 35.5 Å². The Bertz CT molecular complexity index is 1170. The number of benzene rings is 3. The molecule has 1 N–H and O–H groups in total. The summed E-state index contributed by atoms with van der Waals surface area (Å²) in [5.41, 5.74) is 5.62. The van der Waals surface area contributed by atoms with Crippen molar-refractivity contribution in [3.63, 3.8) is 0 Å². The number of hydrogen-bond acceptors (Lipinski definition) is 6. The number of rotatable bonds is 6. The lowest BCUT2D eigenvalue weighted by Crippen LogP contribution is -2.16. The van der Waals surface area contributed by atoms with Gasteiger partial charge in [0.05, 0.1) is 41.7 Å². The average Bonchev–Trinajstić information content (AvgIpc) is 2.96. The van der Waals surface area contributed by atoms with Gasteiger partial charge >= 0.3 is 0 Å². The summed E-state index contributed by atoms with van der Waals surface area (Å²) in [6, 6.07) is 13.5. The molecule has 4 rings (SSSR count). The summed E-state index contributed by atoms with van der Waals surface area (Å²) in [5, 5.41) is 11.9. The zero-order chi connectivity index (χ0) is 23.7. The summed E-state index contributed by atoms with van der Waals surface area (Å²) in [6.45, 7) is 2.00. The summed E-state index contributed by atoms with van der Waals surface area (Å²) in [7, 11) is 8.18. The van der Waals surface area contributed by atoms with Crippen LogP contribution in [0.25, 0.3) is 0 Å². The maximum Gasteiger partial charge on any atom is 0.126 e. The van der Waals surface area contributed by atoms with Gasteiger partial charge in [0.25, 0.3) is 0 Å². The van der Waals surface area contributed by atoms with Crippen LogP contribution in [0.15, 0.2) is 42.5 Å². The van der Waals surface area contributed by atoms with Crippen LogP contribution in [0.1, 0.15) is 45.4 Å². The van der Waals surface area contributed by atoms with Gasteiger partial charge in [0.2, 0.25) is 0 Å². The van der Waals surface area contributed by atoms with Gasteiger partial charge < -0.3 is 28.8 Å². The van der Waals surface area contributed by atoms with Crippen LogP contribution in [0.3, 0.4) is 0 Å². The molecule has 3 aromatic carbocycles. The van der Waals surface area contributed by atoms with E-state index in [4.69, 9.17) is 23.7 Å². The van der Waals surface area contributed by atoms with Crippen LogP contribution in [0, 0.1) is 6.92 Å². The number of hydrogen-bond donors (Lipinski definition) is 1. The minimum Gasteiger partial charge on any atom is -0.497 e. The van der Waals surface area contributed by atoms with Crippen molar-refractivity contribution in [2.45, 2.75) is 25.4 Å². The normalized spacial score (nSPS) is 16.8. The van der Waals surface area contributed by atoms with Crippen LogP contribution in [0.5, 0.6) is 28.7 Å². The molecule has 1 aliphatic rings. The summed E-state index contributed by atoms with van der Waals surface area (Å²) in [5.74, 6) is 3.05. The van der Waals surface area contributed by atoms with Crippen LogP contribution in [-0.4, -0.2) is 40.7 Å². The molecule has 0 aromatic heterocycles. The van der Waals surface area contributed by atoms with Gasteiger partial charge in [0, 0.05) is 23.6 Å². The minimum absolute atomic E-state index is 0.417. The zero-order valence-corrected chi connectivity index (χ0v) is 19.9. The van der Waals surface area contributed by atoms with Gasteiger partial charge in [-0.25, -0.2) is 0 Å². The molecule has 2 unspecified atom stereocenters. The fraction of sp³-hybridized carbons (Fsp3) is 0.333. The third-order valence-corrected chi connectivity index (χ3v) is 6.50. The Morgan fingerprint density at radius 3 is 1.91 bits per heavy atom. The Kier molecular flexibility index (Phi) is 6.38. The molecule has 33 heavy (non-hydrogen) atoms. The number of ether oxygens (including phenoxy) is 5. The van der Waals surface area contributed by atoms with E-state index in [0.29, 0.717) is 29.4 Å². The fourth-order valence-corrected chi connectivity index (χ4v) is 4.80. The quantitative estimate of drug-likeness (QED) is 0.582. The predicted octanol–water partition coefficient (Wildman–Crippen LogP) is 4.81. The van der Waals surface area contributed by atoms with Crippen LogP contribution in [-0.2, 0) is 6.42 Å². The second-order valence-electron chi connectivity index (χ2n) is 8.11. The molecule has 174 valence electrons. The molecule has 0 saturated carbocycles. The van der Waals surface area contributed by atoms with E-state index in [9.17, 15) is 5.11 Å². The lowest BCUT2D eigenvalue weighted by Gasteiger charge is -2.28. The SMILES string of the molecule is COc1ccc2c(c1)Cc1cc(OC)cc(OC)c1C(c1cc(OC)cc(OC)c1C)C2O. The van der Waals surface area contributed by atoms with Crippen molar-refractivity contribution >= 4 is 0 Å². The number of methoxy groups -OCH3 is 5. The molecule has 3 aromatic rings. The number of aliphatic hydroxyl groups excluding tert-OH is 1. The van der Waals surface area contributed by atoms with E-state index in [0.717, 1.165) is 39.1 Å². The third kappa shape index (κ3) is 3.95. The first-order valence-corrected chi connectivity index (χ1v) is 10.8. The van der Waals surface area contributed by atoms with Crippen LogP contribution in [0.4, 0.5) is 0 Å². The Morgan fingerprint density at radius 2 is 1.27 bits per heavy atom. The smallest absolute Gasteiger partial charge is 0.126 e. The van der Waals surface area contributed by atoms with Crippen molar-refractivity contribution in [3.8, 4) is 28.7 Å². The van der Waals surface area contributed by atoms with Gasteiger partial charge in [-0.2, -0.15) is 0 Å². The second kappa shape index (κ2) is 9.24. The predicted molar refractivity (Wildman–Crippen MR) is 126 cm³/mol. The van der Waals surface area contributed by atoms with Crippen molar-refractivity contribution in [1.82, 2.24) is 0 Å². The molecule has 6 heteroatoms. The molecule has 0 aliphatic heterocycles. The van der Waals surface area contributed by atoms with Crippen LogP contribution >= 0.6 is 0 Å². The highest BCUT2D eigenvalue weighted by atomic mass is 16.5. The van der Waals surface area contributed by atoms with Crippen molar-refractivity contribution in [2.75, 3.05) is 35.5 Å². The molecule has 0 bridgehead atoms.